The minimum atomic E-state index is -0.240. The molecule has 1 amide bonds. The van der Waals surface area contributed by atoms with Gasteiger partial charge in [-0.15, -0.1) is 0 Å². The van der Waals surface area contributed by atoms with E-state index in [1.54, 1.807) is 12.4 Å². The van der Waals surface area contributed by atoms with Gasteiger partial charge in [-0.2, -0.15) is 0 Å². The van der Waals surface area contributed by atoms with E-state index in [0.717, 1.165) is 22.9 Å². The molecular weight excluding hydrogens is 520 g/mol. The third-order valence-electron chi connectivity index (χ3n) is 6.62. The summed E-state index contributed by atoms with van der Waals surface area (Å²) >= 11 is 5.87. The van der Waals surface area contributed by atoms with Gasteiger partial charge in [0.1, 0.15) is 17.6 Å². The number of anilines is 2. The van der Waals surface area contributed by atoms with Crippen LogP contribution < -0.4 is 20.3 Å². The van der Waals surface area contributed by atoms with Gasteiger partial charge >= 0.3 is 0 Å². The second kappa shape index (κ2) is 11.4. The summed E-state index contributed by atoms with van der Waals surface area (Å²) < 4.78 is 7.63. The highest BCUT2D eigenvalue weighted by molar-refractivity contribution is 7.80. The molecule has 1 aliphatic heterocycles. The normalized spacial score (nSPS) is 16.4. The van der Waals surface area contributed by atoms with Gasteiger partial charge < -0.3 is 24.8 Å². The number of carbonyl (C=O) groups is 1. The predicted octanol–water partition coefficient (Wildman–Crippen LogP) is 5.46. The van der Waals surface area contributed by atoms with E-state index in [1.807, 2.05) is 103 Å². The summed E-state index contributed by atoms with van der Waals surface area (Å²) in [5, 5.41) is 6.97. The summed E-state index contributed by atoms with van der Waals surface area (Å²) in [5.74, 6) is 1.22. The number of ether oxygens (including phenoxy) is 1. The third-order valence-corrected chi connectivity index (χ3v) is 6.93. The van der Waals surface area contributed by atoms with Crippen molar-refractivity contribution in [3.8, 4) is 11.6 Å². The Balaban J connectivity index is 1.27. The van der Waals surface area contributed by atoms with Crippen molar-refractivity contribution in [2.45, 2.75) is 12.1 Å². The molecule has 6 rings (SSSR count). The van der Waals surface area contributed by atoms with Crippen LogP contribution in [0.2, 0.25) is 0 Å². The summed E-state index contributed by atoms with van der Waals surface area (Å²) in [4.78, 5) is 23.8. The molecular formula is C31H26N6O2S. The highest BCUT2D eigenvalue weighted by atomic mass is 32.1. The van der Waals surface area contributed by atoms with Gasteiger partial charge in [-0.25, -0.2) is 4.98 Å². The second-order valence-corrected chi connectivity index (χ2v) is 9.57. The predicted molar refractivity (Wildman–Crippen MR) is 159 cm³/mol. The van der Waals surface area contributed by atoms with Gasteiger partial charge in [-0.3, -0.25) is 9.78 Å². The van der Waals surface area contributed by atoms with E-state index >= 15 is 0 Å². The maximum absolute atomic E-state index is 12.5. The smallest absolute Gasteiger partial charge is 0.262 e. The molecule has 0 saturated carbocycles. The highest BCUT2D eigenvalue weighted by Gasteiger charge is 2.42. The van der Waals surface area contributed by atoms with E-state index in [2.05, 4.69) is 36.1 Å². The monoisotopic (exact) mass is 546 g/mol. The SMILES string of the molecule is O=C(COc1ccccc1)Nc1ccc(N2C(=S)N[C@@H](c3ccccn3)[C@H]2c2cccn2-c2ccccn2)cc1. The van der Waals surface area contributed by atoms with Crippen LogP contribution in [0.15, 0.2) is 122 Å². The molecule has 0 spiro atoms. The van der Waals surface area contributed by atoms with E-state index in [4.69, 9.17) is 17.0 Å². The number of thiocarbonyl (C=S) groups is 1. The van der Waals surface area contributed by atoms with Gasteiger partial charge in [0.05, 0.1) is 11.7 Å². The molecule has 2 N–H and O–H groups in total. The lowest BCUT2D eigenvalue weighted by Gasteiger charge is -2.29. The van der Waals surface area contributed by atoms with Crippen LogP contribution in [0.1, 0.15) is 23.5 Å². The van der Waals surface area contributed by atoms with Crippen molar-refractivity contribution < 1.29 is 9.53 Å². The number of rotatable bonds is 8. The topological polar surface area (TPSA) is 84.3 Å². The molecule has 2 atom stereocenters. The van der Waals surface area contributed by atoms with Crippen LogP contribution >= 0.6 is 12.2 Å². The van der Waals surface area contributed by atoms with E-state index in [-0.39, 0.29) is 24.6 Å². The van der Waals surface area contributed by atoms with Gasteiger partial charge in [0, 0.05) is 35.7 Å². The Kier molecular flexibility index (Phi) is 7.19. The molecule has 0 unspecified atom stereocenters. The van der Waals surface area contributed by atoms with Gasteiger partial charge in [0.15, 0.2) is 11.7 Å². The van der Waals surface area contributed by atoms with E-state index in [1.165, 1.54) is 0 Å². The van der Waals surface area contributed by atoms with Crippen molar-refractivity contribution in [2.24, 2.45) is 0 Å². The standard InChI is InChI=1S/C31H26N6O2S/c38-28(21-39-24-9-2-1-3-10-24)34-22-14-16-23(17-15-22)37-30(29(35-31(37)40)25-11-4-6-18-32-25)26-12-8-20-36(26)27-13-5-7-19-33-27/h1-20,29-30H,21H2,(H,34,38)(H,35,40)/t29-,30+/m0/s1. The Morgan fingerprint density at radius 3 is 2.35 bits per heavy atom. The average Bonchev–Trinajstić information content (AvgIpc) is 3.62. The molecule has 1 saturated heterocycles. The largest absolute Gasteiger partial charge is 0.484 e. The lowest BCUT2D eigenvalue weighted by atomic mass is 10.0. The second-order valence-electron chi connectivity index (χ2n) is 9.18. The minimum absolute atomic E-state index is 0.0791. The molecule has 0 aliphatic carbocycles. The van der Waals surface area contributed by atoms with E-state index < -0.39 is 0 Å². The summed E-state index contributed by atoms with van der Waals surface area (Å²) in [6.45, 7) is -0.0791. The third kappa shape index (κ3) is 5.27. The van der Waals surface area contributed by atoms with Crippen molar-refractivity contribution >= 4 is 34.6 Å². The Bertz CT molecular complexity index is 1590. The molecule has 0 bridgehead atoms. The molecule has 1 aliphatic rings. The number of benzene rings is 2. The van der Waals surface area contributed by atoms with Crippen LogP contribution in [0.3, 0.4) is 0 Å². The van der Waals surface area contributed by atoms with Gasteiger partial charge in [-0.1, -0.05) is 30.3 Å². The fourth-order valence-electron chi connectivity index (χ4n) is 4.84. The van der Waals surface area contributed by atoms with Crippen LogP contribution in [-0.4, -0.2) is 32.2 Å². The number of hydrogen-bond donors (Lipinski definition) is 2. The van der Waals surface area contributed by atoms with E-state index in [0.29, 0.717) is 16.5 Å². The lowest BCUT2D eigenvalue weighted by molar-refractivity contribution is -0.118. The fourth-order valence-corrected chi connectivity index (χ4v) is 5.19. The summed E-state index contributed by atoms with van der Waals surface area (Å²) in [5.41, 5.74) is 3.44. The first kappa shape index (κ1) is 25.3. The molecule has 40 heavy (non-hydrogen) atoms. The van der Waals surface area contributed by atoms with Gasteiger partial charge in [0.25, 0.3) is 5.91 Å². The van der Waals surface area contributed by atoms with Crippen LogP contribution in [0.25, 0.3) is 5.82 Å². The first-order valence-electron chi connectivity index (χ1n) is 12.8. The number of aromatic nitrogens is 3. The van der Waals surface area contributed by atoms with Crippen molar-refractivity contribution in [3.63, 3.8) is 0 Å². The molecule has 198 valence electrons. The molecule has 1 fully saturated rings. The van der Waals surface area contributed by atoms with Gasteiger partial charge in [0.2, 0.25) is 0 Å². The maximum atomic E-state index is 12.5. The number of carbonyl (C=O) groups excluding carboxylic acids is 1. The van der Waals surface area contributed by atoms with Gasteiger partial charge in [-0.05, 0) is 85.0 Å². The Hall–Kier alpha value is -5.02. The van der Waals surface area contributed by atoms with Crippen LogP contribution in [0, 0.1) is 0 Å². The first-order valence-corrected chi connectivity index (χ1v) is 13.3. The van der Waals surface area contributed by atoms with E-state index in [9.17, 15) is 4.79 Å². The number of para-hydroxylation sites is 1. The molecule has 8 nitrogen and oxygen atoms in total. The van der Waals surface area contributed by atoms with Crippen molar-refractivity contribution in [1.82, 2.24) is 19.9 Å². The number of nitrogens with one attached hydrogen (secondary N) is 2. The van der Waals surface area contributed by atoms with Crippen LogP contribution in [0.5, 0.6) is 5.75 Å². The quantitative estimate of drug-likeness (QED) is 0.250. The zero-order valence-electron chi connectivity index (χ0n) is 21.4. The van der Waals surface area contributed by atoms with Crippen LogP contribution in [0.4, 0.5) is 11.4 Å². The number of hydrogen-bond acceptors (Lipinski definition) is 5. The van der Waals surface area contributed by atoms with Crippen LogP contribution in [-0.2, 0) is 4.79 Å². The summed E-state index contributed by atoms with van der Waals surface area (Å²) in [7, 11) is 0. The molecule has 0 radical (unpaired) electrons. The maximum Gasteiger partial charge on any atom is 0.262 e. The number of amides is 1. The molecule has 5 aromatic rings. The number of nitrogens with zero attached hydrogens (tertiary/aromatic N) is 4. The van der Waals surface area contributed by atoms with Crippen molar-refractivity contribution in [1.29, 1.82) is 0 Å². The Morgan fingerprint density at radius 2 is 1.62 bits per heavy atom. The molecule has 3 aromatic heterocycles. The minimum Gasteiger partial charge on any atom is -0.484 e. The summed E-state index contributed by atoms with van der Waals surface area (Å²) in [6.07, 6.45) is 5.57. The Labute approximate surface area is 237 Å². The molecule has 4 heterocycles. The van der Waals surface area contributed by atoms with Crippen molar-refractivity contribution in [2.75, 3.05) is 16.8 Å². The number of pyridine rings is 2. The molecule has 9 heteroatoms. The zero-order valence-corrected chi connectivity index (χ0v) is 22.2. The highest BCUT2D eigenvalue weighted by Crippen LogP contribution is 2.42. The molecule has 2 aromatic carbocycles. The summed E-state index contributed by atoms with van der Waals surface area (Å²) in [6, 6.07) is 32.3. The first-order chi connectivity index (χ1) is 19.7. The van der Waals surface area contributed by atoms with Crippen molar-refractivity contribution in [3.05, 3.63) is 133 Å². The lowest BCUT2D eigenvalue weighted by Crippen LogP contribution is -2.30. The fraction of sp³-hybridized carbons (Fsp3) is 0.0968. The zero-order chi connectivity index (χ0) is 27.3. The average molecular weight is 547 g/mol. The Morgan fingerprint density at radius 1 is 0.875 bits per heavy atom.